The van der Waals surface area contributed by atoms with Gasteiger partial charge in [0.15, 0.2) is 0 Å². The predicted molar refractivity (Wildman–Crippen MR) is 126 cm³/mol. The van der Waals surface area contributed by atoms with Crippen molar-refractivity contribution in [3.8, 4) is 0 Å². The van der Waals surface area contributed by atoms with Crippen LogP contribution in [-0.4, -0.2) is 50.2 Å². The highest BCUT2D eigenvalue weighted by atomic mass is 32.2. The van der Waals surface area contributed by atoms with Crippen LogP contribution in [0.5, 0.6) is 0 Å². The lowest BCUT2D eigenvalue weighted by Gasteiger charge is -2.27. The summed E-state index contributed by atoms with van der Waals surface area (Å²) in [6, 6.07) is 6.29. The van der Waals surface area contributed by atoms with Gasteiger partial charge in [-0.2, -0.15) is 4.31 Å². The van der Waals surface area contributed by atoms with Crippen molar-refractivity contribution in [1.82, 2.24) is 4.31 Å². The topological polar surface area (TPSA) is 114 Å². The molecule has 174 valence electrons. The van der Waals surface area contributed by atoms with E-state index < -0.39 is 21.8 Å². The molecule has 0 saturated heterocycles. The first-order valence-corrected chi connectivity index (χ1v) is 13.1. The number of carbonyl (C=O) groups is 2. The maximum Gasteiger partial charge on any atom is 0.256 e. The minimum absolute atomic E-state index is 0.138. The van der Waals surface area contributed by atoms with Crippen molar-refractivity contribution in [1.29, 1.82) is 0 Å². The van der Waals surface area contributed by atoms with Crippen LogP contribution in [0.4, 0.5) is 5.00 Å². The zero-order chi connectivity index (χ0) is 23.6. The van der Waals surface area contributed by atoms with Crippen LogP contribution in [0.15, 0.2) is 29.2 Å². The first-order valence-electron chi connectivity index (χ1n) is 10.8. The highest BCUT2D eigenvalue weighted by molar-refractivity contribution is 7.89. The van der Waals surface area contributed by atoms with Crippen LogP contribution < -0.4 is 16.0 Å². The summed E-state index contributed by atoms with van der Waals surface area (Å²) in [6.07, 6.45) is 0.741. The Labute approximate surface area is 193 Å². The molecule has 10 heteroatoms. The van der Waals surface area contributed by atoms with Gasteiger partial charge in [0.2, 0.25) is 10.0 Å². The standard InChI is InChI=1S/C22H30N4O4S2/c1-5-26(6-2)32(29,30)16-9-7-15(8-10-16)21(28)24-22-19(20(23)27)17-11-12-25(14(3)4)13-18(17)31-22/h7-10,14H,5-6,11-13H2,1-4H3,(H2,23,27)(H,24,28)/p+1. The fourth-order valence-electron chi connectivity index (χ4n) is 4.01. The third-order valence-corrected chi connectivity index (χ3v) is 9.14. The molecule has 0 spiro atoms. The lowest BCUT2D eigenvalue weighted by atomic mass is 10.0. The Bertz CT molecular complexity index is 1100. The number of hydrogen-bond acceptors (Lipinski definition) is 5. The van der Waals surface area contributed by atoms with E-state index in [2.05, 4.69) is 19.2 Å². The van der Waals surface area contributed by atoms with E-state index in [1.807, 2.05) is 0 Å². The van der Waals surface area contributed by atoms with E-state index in [-0.39, 0.29) is 4.90 Å². The van der Waals surface area contributed by atoms with Crippen molar-refractivity contribution in [3.63, 3.8) is 0 Å². The largest absolute Gasteiger partial charge is 0.365 e. The molecule has 0 aliphatic carbocycles. The van der Waals surface area contributed by atoms with E-state index in [1.54, 1.807) is 13.8 Å². The van der Waals surface area contributed by atoms with Crippen LogP contribution in [0.3, 0.4) is 0 Å². The van der Waals surface area contributed by atoms with Crippen molar-refractivity contribution < 1.29 is 22.9 Å². The minimum atomic E-state index is -3.59. The van der Waals surface area contributed by atoms with Crippen molar-refractivity contribution in [2.75, 3.05) is 25.0 Å². The first kappa shape index (κ1) is 24.4. The van der Waals surface area contributed by atoms with E-state index in [0.29, 0.717) is 35.3 Å². The fraction of sp³-hybridized carbons (Fsp3) is 0.455. The number of amides is 2. The van der Waals surface area contributed by atoms with Crippen LogP contribution in [0.25, 0.3) is 0 Å². The molecule has 1 aliphatic heterocycles. The zero-order valence-corrected chi connectivity index (χ0v) is 20.5. The van der Waals surface area contributed by atoms with Crippen LogP contribution >= 0.6 is 11.3 Å². The fourth-order valence-corrected chi connectivity index (χ4v) is 6.77. The summed E-state index contributed by atoms with van der Waals surface area (Å²) < 4.78 is 26.7. The van der Waals surface area contributed by atoms with Gasteiger partial charge in [-0.05, 0) is 43.7 Å². The summed E-state index contributed by atoms with van der Waals surface area (Å²) in [7, 11) is -3.59. The van der Waals surface area contributed by atoms with Gasteiger partial charge in [0, 0.05) is 25.1 Å². The van der Waals surface area contributed by atoms with E-state index in [1.165, 1.54) is 44.8 Å². The summed E-state index contributed by atoms with van der Waals surface area (Å²) >= 11 is 1.40. The van der Waals surface area contributed by atoms with Gasteiger partial charge < -0.3 is 16.0 Å². The number of nitrogens with zero attached hydrogens (tertiary/aromatic N) is 1. The third kappa shape index (κ3) is 4.73. The summed E-state index contributed by atoms with van der Waals surface area (Å²) in [5.74, 6) is -0.961. The monoisotopic (exact) mass is 479 g/mol. The second-order valence-corrected chi connectivity index (χ2v) is 11.2. The molecule has 0 fully saturated rings. The Balaban J connectivity index is 1.84. The van der Waals surface area contributed by atoms with E-state index >= 15 is 0 Å². The molecular weight excluding hydrogens is 448 g/mol. The quantitative estimate of drug-likeness (QED) is 0.532. The number of anilines is 1. The average Bonchev–Trinajstić information content (AvgIpc) is 3.11. The first-order chi connectivity index (χ1) is 15.1. The van der Waals surface area contributed by atoms with E-state index in [9.17, 15) is 18.0 Å². The molecule has 2 aromatic rings. The Morgan fingerprint density at radius 3 is 2.34 bits per heavy atom. The number of thiophene rings is 1. The van der Waals surface area contributed by atoms with E-state index in [0.717, 1.165) is 30.0 Å². The average molecular weight is 480 g/mol. The number of nitrogens with one attached hydrogen (secondary N) is 2. The van der Waals surface area contributed by atoms with Crippen LogP contribution in [0, 0.1) is 0 Å². The molecule has 32 heavy (non-hydrogen) atoms. The number of hydrogen-bond donors (Lipinski definition) is 3. The minimum Gasteiger partial charge on any atom is -0.365 e. The number of benzene rings is 1. The van der Waals surface area contributed by atoms with Gasteiger partial charge in [-0.3, -0.25) is 9.59 Å². The summed E-state index contributed by atoms with van der Waals surface area (Å²) in [5, 5.41) is 3.28. The third-order valence-electron chi connectivity index (χ3n) is 5.92. The number of carbonyl (C=O) groups excluding carboxylic acids is 2. The van der Waals surface area contributed by atoms with Gasteiger partial charge >= 0.3 is 0 Å². The number of quaternary nitrogens is 1. The van der Waals surface area contributed by atoms with Crippen molar-refractivity contribution in [2.24, 2.45) is 5.73 Å². The second-order valence-electron chi connectivity index (χ2n) is 8.13. The number of primary amides is 1. The number of sulfonamides is 1. The summed E-state index contributed by atoms with van der Waals surface area (Å²) in [5.41, 5.74) is 7.28. The number of nitrogens with two attached hydrogens (primary N) is 1. The van der Waals surface area contributed by atoms with E-state index in [4.69, 9.17) is 5.73 Å². The van der Waals surface area contributed by atoms with Gasteiger partial charge in [0.05, 0.1) is 27.9 Å². The lowest BCUT2D eigenvalue weighted by molar-refractivity contribution is -0.936. The lowest BCUT2D eigenvalue weighted by Crippen LogP contribution is -3.14. The van der Waals surface area contributed by atoms with Crippen LogP contribution in [-0.2, 0) is 23.0 Å². The second kappa shape index (κ2) is 9.70. The van der Waals surface area contributed by atoms with Gasteiger partial charge in [0.25, 0.3) is 11.8 Å². The molecule has 1 aromatic heterocycles. The molecule has 0 bridgehead atoms. The van der Waals surface area contributed by atoms with Crippen LogP contribution in [0.1, 0.15) is 58.9 Å². The molecule has 2 amide bonds. The van der Waals surface area contributed by atoms with Crippen molar-refractivity contribution in [3.05, 3.63) is 45.8 Å². The molecule has 1 aliphatic rings. The normalized spacial score (nSPS) is 16.2. The Hall–Kier alpha value is -2.27. The number of rotatable bonds is 8. The Kier molecular flexibility index (Phi) is 7.39. The molecule has 0 radical (unpaired) electrons. The maximum atomic E-state index is 12.9. The zero-order valence-electron chi connectivity index (χ0n) is 18.9. The molecule has 3 rings (SSSR count). The van der Waals surface area contributed by atoms with Gasteiger partial charge in [0.1, 0.15) is 11.5 Å². The molecular formula is C22H31N4O4S2+. The SMILES string of the molecule is CCN(CC)S(=O)(=O)c1ccc(C(=O)Nc2sc3c(c2C(N)=O)CC[NH+](C(C)C)C3)cc1. The number of fused-ring (bicyclic) bond motifs is 1. The highest BCUT2D eigenvalue weighted by Gasteiger charge is 2.31. The highest BCUT2D eigenvalue weighted by Crippen LogP contribution is 2.35. The Morgan fingerprint density at radius 1 is 1.19 bits per heavy atom. The molecule has 2 heterocycles. The van der Waals surface area contributed by atoms with Crippen molar-refractivity contribution >= 4 is 38.2 Å². The molecule has 4 N–H and O–H groups in total. The molecule has 8 nitrogen and oxygen atoms in total. The van der Waals surface area contributed by atoms with Gasteiger partial charge in [-0.15, -0.1) is 11.3 Å². The summed E-state index contributed by atoms with van der Waals surface area (Å²) in [4.78, 5) is 27.7. The predicted octanol–water partition coefficient (Wildman–Crippen LogP) is 1.48. The smallest absolute Gasteiger partial charge is 0.256 e. The molecule has 1 unspecified atom stereocenters. The van der Waals surface area contributed by atoms with Crippen LogP contribution in [0.2, 0.25) is 0 Å². The maximum absolute atomic E-state index is 12.9. The molecule has 1 atom stereocenters. The van der Waals surface area contributed by atoms with Crippen molar-refractivity contribution in [2.45, 2.75) is 51.6 Å². The molecule has 1 aromatic carbocycles. The van der Waals surface area contributed by atoms with Gasteiger partial charge in [-0.25, -0.2) is 8.42 Å². The Morgan fingerprint density at radius 2 is 1.81 bits per heavy atom. The molecule has 0 saturated carbocycles. The summed E-state index contributed by atoms with van der Waals surface area (Å²) in [6.45, 7) is 10.3. The van der Waals surface area contributed by atoms with Gasteiger partial charge in [-0.1, -0.05) is 13.8 Å².